The van der Waals surface area contributed by atoms with Crippen molar-refractivity contribution in [3.8, 4) is 11.5 Å². The fourth-order valence-corrected chi connectivity index (χ4v) is 9.24. The van der Waals surface area contributed by atoms with Crippen LogP contribution in [0.15, 0.2) is 42.5 Å². The van der Waals surface area contributed by atoms with Gasteiger partial charge in [0.15, 0.2) is 8.32 Å². The number of phenolic OH excluding ortho intramolecular Hbond substituents is 2. The number of benzene rings is 2. The highest BCUT2D eigenvalue weighted by Gasteiger charge is 2.51. The van der Waals surface area contributed by atoms with Crippen LogP contribution in [-0.4, -0.2) is 42.6 Å². The van der Waals surface area contributed by atoms with E-state index in [0.29, 0.717) is 13.0 Å². The number of rotatable bonds is 11. The normalized spacial score (nSPS) is 26.7. The summed E-state index contributed by atoms with van der Waals surface area (Å²) in [5.41, 5.74) is 3.09. The number of hydrogen-bond donors (Lipinski definition) is 4. The van der Waals surface area contributed by atoms with Crippen molar-refractivity contribution in [2.75, 3.05) is 6.54 Å². The smallest absolute Gasteiger partial charge is 0.224 e. The third-order valence-electron chi connectivity index (χ3n) is 10.5. The van der Waals surface area contributed by atoms with Gasteiger partial charge in [0.05, 0.1) is 12.5 Å². The molecular formula is C35H52N2O4Si. The van der Waals surface area contributed by atoms with Gasteiger partial charge in [-0.2, -0.15) is 0 Å². The second-order valence-electron chi connectivity index (χ2n) is 15.4. The number of carbonyl (C=O) groups is 1. The average molecular weight is 593 g/mol. The van der Waals surface area contributed by atoms with E-state index >= 15 is 0 Å². The first-order valence-corrected chi connectivity index (χ1v) is 18.9. The molecular weight excluding hydrogens is 540 g/mol. The molecule has 42 heavy (non-hydrogen) atoms. The van der Waals surface area contributed by atoms with Crippen LogP contribution in [0.5, 0.6) is 11.5 Å². The molecule has 4 N–H and O–H groups in total. The van der Waals surface area contributed by atoms with E-state index in [-0.39, 0.29) is 40.1 Å². The highest BCUT2D eigenvalue weighted by molar-refractivity contribution is 6.74. The lowest BCUT2D eigenvalue weighted by atomic mass is 9.53. The second kappa shape index (κ2) is 12.0. The maximum atomic E-state index is 13.2. The lowest BCUT2D eigenvalue weighted by Gasteiger charge is -2.56. The minimum absolute atomic E-state index is 0.0259. The topological polar surface area (TPSA) is 90.8 Å². The van der Waals surface area contributed by atoms with Gasteiger partial charge in [-0.1, -0.05) is 45.0 Å². The first kappa shape index (κ1) is 31.1. The quantitative estimate of drug-likeness (QED) is 0.211. The van der Waals surface area contributed by atoms with E-state index < -0.39 is 8.32 Å². The van der Waals surface area contributed by atoms with Gasteiger partial charge in [0, 0.05) is 24.2 Å². The van der Waals surface area contributed by atoms with E-state index in [4.69, 9.17) is 4.43 Å². The Morgan fingerprint density at radius 1 is 0.976 bits per heavy atom. The summed E-state index contributed by atoms with van der Waals surface area (Å²) in [6.07, 6.45) is 8.62. The van der Waals surface area contributed by atoms with Crippen molar-refractivity contribution in [1.82, 2.24) is 10.6 Å². The number of hydrogen-bond acceptors (Lipinski definition) is 5. The van der Waals surface area contributed by atoms with Crippen molar-refractivity contribution in [2.45, 2.75) is 115 Å². The molecule has 2 aromatic rings. The molecule has 0 aliphatic heterocycles. The standard InChI is InChI=1S/C35H52N2O4Si/c1-23(36-22-32(41-42(5,6)34(2,3)4)29-16-30(38)18-31(39)17-29)10-24-8-7-9-25(11-24)15-33(40)37-35-19-26-12-27(20-35)14-28(13-26)21-35/h7-9,11,16-18,23,26-28,32,36,38-39H,10,12-15,19-22H2,1-6H3,(H,37,40). The van der Waals surface area contributed by atoms with Crippen LogP contribution in [0, 0.1) is 17.8 Å². The molecule has 4 fully saturated rings. The van der Waals surface area contributed by atoms with Gasteiger partial charge in [0.25, 0.3) is 0 Å². The van der Waals surface area contributed by atoms with Crippen molar-refractivity contribution in [3.05, 3.63) is 59.2 Å². The molecule has 0 heterocycles. The van der Waals surface area contributed by atoms with Crippen molar-refractivity contribution < 1.29 is 19.4 Å². The first-order chi connectivity index (χ1) is 19.7. The summed E-state index contributed by atoms with van der Waals surface area (Å²) >= 11 is 0. The Morgan fingerprint density at radius 2 is 1.55 bits per heavy atom. The van der Waals surface area contributed by atoms with Crippen LogP contribution in [0.2, 0.25) is 18.1 Å². The predicted molar refractivity (Wildman–Crippen MR) is 171 cm³/mol. The molecule has 0 spiro atoms. The molecule has 4 aliphatic rings. The highest BCUT2D eigenvalue weighted by atomic mass is 28.4. The van der Waals surface area contributed by atoms with Gasteiger partial charge >= 0.3 is 0 Å². The maximum absolute atomic E-state index is 13.2. The Morgan fingerprint density at radius 3 is 2.12 bits per heavy atom. The van der Waals surface area contributed by atoms with E-state index in [2.05, 4.69) is 75.7 Å². The zero-order valence-corrected chi connectivity index (χ0v) is 27.5. The monoisotopic (exact) mass is 592 g/mol. The molecule has 7 heteroatoms. The summed E-state index contributed by atoms with van der Waals surface area (Å²) < 4.78 is 6.77. The molecule has 6 nitrogen and oxygen atoms in total. The molecule has 4 bridgehead atoms. The maximum Gasteiger partial charge on any atom is 0.224 e. The molecule has 2 unspecified atom stereocenters. The lowest BCUT2D eigenvalue weighted by molar-refractivity contribution is -0.126. The summed E-state index contributed by atoms with van der Waals surface area (Å²) in [6.45, 7) is 13.8. The summed E-state index contributed by atoms with van der Waals surface area (Å²) in [7, 11) is -2.12. The van der Waals surface area contributed by atoms with E-state index in [1.165, 1.54) is 50.2 Å². The zero-order valence-electron chi connectivity index (χ0n) is 26.5. The first-order valence-electron chi connectivity index (χ1n) is 16.0. The molecule has 4 saturated carbocycles. The summed E-state index contributed by atoms with van der Waals surface area (Å²) in [5, 5.41) is 27.5. The SMILES string of the molecule is CC(Cc1cccc(CC(=O)NC23CC4CC(CC(C4)C2)C3)c1)NCC(O[Si](C)(C)C(C)(C)C)c1cc(O)cc(O)c1. The third kappa shape index (κ3) is 7.40. The van der Waals surface area contributed by atoms with Crippen LogP contribution in [0.25, 0.3) is 0 Å². The van der Waals surface area contributed by atoms with Crippen LogP contribution in [-0.2, 0) is 22.1 Å². The molecule has 1 amide bonds. The van der Waals surface area contributed by atoms with Gasteiger partial charge in [-0.15, -0.1) is 0 Å². The van der Waals surface area contributed by atoms with Crippen LogP contribution in [0.4, 0.5) is 0 Å². The van der Waals surface area contributed by atoms with Gasteiger partial charge in [0.1, 0.15) is 11.5 Å². The molecule has 0 radical (unpaired) electrons. The number of amides is 1. The van der Waals surface area contributed by atoms with Gasteiger partial charge in [0.2, 0.25) is 5.91 Å². The Hall–Kier alpha value is -2.35. The summed E-state index contributed by atoms with van der Waals surface area (Å²) in [4.78, 5) is 13.2. The lowest BCUT2D eigenvalue weighted by Crippen LogP contribution is -2.60. The number of aromatic hydroxyl groups is 2. The van der Waals surface area contributed by atoms with Crippen LogP contribution in [0.3, 0.4) is 0 Å². The third-order valence-corrected chi connectivity index (χ3v) is 15.0. The van der Waals surface area contributed by atoms with E-state index in [9.17, 15) is 15.0 Å². The van der Waals surface area contributed by atoms with Crippen molar-refractivity contribution >= 4 is 14.2 Å². The molecule has 4 aliphatic carbocycles. The molecule has 230 valence electrons. The Kier molecular flexibility index (Phi) is 8.86. The number of phenols is 2. The minimum Gasteiger partial charge on any atom is -0.508 e. The summed E-state index contributed by atoms with van der Waals surface area (Å²) in [6, 6.07) is 13.3. The Bertz CT molecular complexity index is 1210. The average Bonchev–Trinajstić information content (AvgIpc) is 2.84. The fraction of sp³-hybridized carbons (Fsp3) is 0.629. The van der Waals surface area contributed by atoms with Crippen LogP contribution in [0.1, 0.15) is 89.0 Å². The number of carbonyl (C=O) groups excluding carboxylic acids is 1. The molecule has 2 atom stereocenters. The van der Waals surface area contributed by atoms with E-state index in [1.54, 1.807) is 12.1 Å². The molecule has 0 saturated heterocycles. The second-order valence-corrected chi connectivity index (χ2v) is 20.2. The highest BCUT2D eigenvalue weighted by Crippen LogP contribution is 2.55. The van der Waals surface area contributed by atoms with Crippen molar-refractivity contribution in [3.63, 3.8) is 0 Å². The van der Waals surface area contributed by atoms with Crippen LogP contribution < -0.4 is 10.6 Å². The summed E-state index contributed by atoms with van der Waals surface area (Å²) in [5.74, 6) is 2.69. The van der Waals surface area contributed by atoms with E-state index in [1.807, 2.05) is 0 Å². The number of nitrogens with one attached hydrogen (secondary N) is 2. The van der Waals surface area contributed by atoms with Crippen LogP contribution >= 0.6 is 0 Å². The zero-order chi connectivity index (χ0) is 30.3. The largest absolute Gasteiger partial charge is 0.508 e. The van der Waals surface area contributed by atoms with Gasteiger partial charge in [-0.25, -0.2) is 0 Å². The Balaban J connectivity index is 1.19. The predicted octanol–water partition coefficient (Wildman–Crippen LogP) is 7.01. The van der Waals surface area contributed by atoms with Crippen molar-refractivity contribution in [2.24, 2.45) is 17.8 Å². The van der Waals surface area contributed by atoms with Gasteiger partial charge in [-0.3, -0.25) is 4.79 Å². The van der Waals surface area contributed by atoms with Crippen molar-refractivity contribution in [1.29, 1.82) is 0 Å². The van der Waals surface area contributed by atoms with E-state index in [0.717, 1.165) is 35.3 Å². The molecule has 2 aromatic carbocycles. The van der Waals surface area contributed by atoms with Gasteiger partial charge < -0.3 is 25.3 Å². The minimum atomic E-state index is -2.12. The Labute approximate surface area is 253 Å². The van der Waals surface area contributed by atoms with Gasteiger partial charge in [-0.05, 0) is 117 Å². The molecule has 6 rings (SSSR count). The fourth-order valence-electron chi connectivity index (χ4n) is 7.95. The molecule has 0 aromatic heterocycles.